The number of amides is 16. The van der Waals surface area contributed by atoms with Crippen molar-refractivity contribution in [2.45, 2.75) is 222 Å². The summed E-state index contributed by atoms with van der Waals surface area (Å²) >= 11 is 0.773. The molecule has 0 saturated carbocycles. The Balaban J connectivity index is 1.21. The Kier molecular flexibility index (Phi) is 41.1. The third-order valence-electron chi connectivity index (χ3n) is 23.9. The number of aliphatic hydroxyl groups excluding tert-OH is 2. The molecule has 135 heavy (non-hydrogen) atoms. The minimum Gasteiger partial charge on any atom is -0.508 e. The van der Waals surface area contributed by atoms with Crippen LogP contribution in [0.25, 0.3) is 21.8 Å². The highest BCUT2D eigenvalue weighted by atomic mass is 32.2. The van der Waals surface area contributed by atoms with Crippen molar-refractivity contribution in [2.75, 3.05) is 72.0 Å². The van der Waals surface area contributed by atoms with Gasteiger partial charge in [-0.2, -0.15) is 0 Å². The molecule has 0 aliphatic carbocycles. The highest BCUT2D eigenvalue weighted by Crippen LogP contribution is 2.30. The quantitative estimate of drug-likeness (QED) is 0.0267. The first-order valence-corrected chi connectivity index (χ1v) is 46.4. The predicted molar refractivity (Wildman–Crippen MR) is 496 cm³/mol. The zero-order valence-corrected chi connectivity index (χ0v) is 78.0. The molecular weight excluding hydrogens is 1770 g/mol. The van der Waals surface area contributed by atoms with Crippen molar-refractivity contribution in [2.24, 2.45) is 29.0 Å². The summed E-state index contributed by atoms with van der Waals surface area (Å²) in [6.45, 7) is 4.40. The van der Waals surface area contributed by atoms with Crippen LogP contribution in [0, 0.1) is 11.8 Å². The van der Waals surface area contributed by atoms with Crippen molar-refractivity contribution in [3.63, 3.8) is 0 Å². The number of aromatic hydroxyl groups is 1. The fraction of sp³-hybridized carbons (Fsp3) is 0.522. The standard InChI is InChI=1S/C92H128N20O22S/c1-9-11-23-72-87(129)104-66(36-51(3)4)85(127)107-71(83(125)99-46-77(95)118)49-135-50-79(120)101-68(37-53-25-27-58(114)28-26-53)88(130)108(6)52(5)81(123)105-70(43-76(94)117)90(132)111(34-35-113)48-78(119)100-67(41-57-18-17-33-96-57)86(128)103-65(29-30-80(121)122)91(133)112-47-59(115)42-74(112)75(116)40-54(38-55-44-97-62-21-15-13-19-60(55)62)82(124)102-64(31-32-93)84(126)106-69(39-56-45-98-63-22-16-14-20-61(56)63)89(131)110(8)73(24-12-10-2)92(134)109(72)7/h13-22,25-28,33,44-45,51-52,54,59,64-74,96-98,113-115H,9-12,23-24,29-32,34-43,46-50,93H2,1-8H3,(H2,94,117)(H2,95,118)(H,99,125)(H,100,119)(H,101,120)(H,102,124)(H,103,128)(H,104,129)(H,105,123)(H,106,126)(H,107,127)(H,121,122)/t52-,54+,59+,64-,65-,66-,67-,68-,69-,70-,71-,72-,73-,74-/m0/s1. The number of primary amides is 2. The number of carboxylic acids is 1. The molecule has 0 radical (unpaired) electrons. The first-order chi connectivity index (χ1) is 64.2. The molecule has 2 aliphatic heterocycles. The number of ketones is 1. The lowest BCUT2D eigenvalue weighted by molar-refractivity contribution is -0.149. The number of carbonyl (C=O) groups is 18. The van der Waals surface area contributed by atoms with E-state index >= 15 is 33.6 Å². The monoisotopic (exact) mass is 1900 g/mol. The number of aromatic amines is 3. The number of carbonyl (C=O) groups excluding carboxylic acids is 17. The van der Waals surface area contributed by atoms with Gasteiger partial charge in [-0.3, -0.25) is 86.3 Å². The number of H-pyrrole nitrogens is 3. The van der Waals surface area contributed by atoms with E-state index in [4.69, 9.17) is 17.2 Å². The Bertz CT molecular complexity index is 5160. The zero-order valence-electron chi connectivity index (χ0n) is 77.2. The van der Waals surface area contributed by atoms with Gasteiger partial charge in [-0.05, 0) is 111 Å². The normalized spacial score (nSPS) is 23.9. The number of Topliss-reactive ketones (excluding diaryl/α,β-unsaturated/α-hetero) is 1. The molecule has 42 nitrogen and oxygen atoms in total. The number of hydrogen-bond donors (Lipinski definition) is 19. The molecule has 3 aromatic carbocycles. The summed E-state index contributed by atoms with van der Waals surface area (Å²) in [7, 11) is 3.93. The van der Waals surface area contributed by atoms with Crippen LogP contribution in [0.1, 0.15) is 140 Å². The average molecular weight is 1900 g/mol. The van der Waals surface area contributed by atoms with E-state index in [0.29, 0.717) is 74.8 Å². The van der Waals surface area contributed by atoms with E-state index in [9.17, 15) is 73.2 Å². The number of aliphatic hydroxyl groups is 2. The molecule has 0 bridgehead atoms. The molecule has 3 aromatic heterocycles. The molecular formula is C92H128N20O22S. The van der Waals surface area contributed by atoms with Gasteiger partial charge >= 0.3 is 5.97 Å². The minimum atomic E-state index is -1.93. The van der Waals surface area contributed by atoms with Crippen molar-refractivity contribution >= 4 is 140 Å². The SMILES string of the molecule is CCCC[C@H]1C(=O)N(C)[C@@H](CCCC)C(=O)N[C@@H](CC(C)C)C(=O)N[C@H](C(=O)NCC(N)=O)CSCC(=O)N[C@@H](Cc2ccc(O)cc2)C(=O)N(C)[C@@H](C)C(=O)N[C@@H](CC(N)=O)C(=O)N(CCO)CC(=O)N[C@@H](Cc2ccc[nH]2)C(=O)N[C@@H](CCC(=O)O)C(=O)N2C[C@H](O)C[C@H]2C(=O)C[C@@H](Cc2c[nH]c3ccccc23)C(=O)N[C@@H](CCN)C(=O)N[C@@H](Cc2c[nH]c3ccccc23)C(=O)N1C. The Hall–Kier alpha value is -13.3. The van der Waals surface area contributed by atoms with Crippen LogP contribution in [0.15, 0.2) is 104 Å². The van der Waals surface area contributed by atoms with Crippen molar-refractivity contribution in [1.29, 1.82) is 0 Å². The number of benzene rings is 3. The molecule has 0 spiro atoms. The average Bonchev–Trinajstić information content (AvgIpc) is 1.73. The van der Waals surface area contributed by atoms with Gasteiger partial charge in [-0.25, -0.2) is 0 Å². The molecule has 2 saturated heterocycles. The highest BCUT2D eigenvalue weighted by Gasteiger charge is 2.46. The van der Waals surface area contributed by atoms with Gasteiger partial charge in [0.05, 0.1) is 44.0 Å². The van der Waals surface area contributed by atoms with Gasteiger partial charge in [0.2, 0.25) is 94.5 Å². The molecule has 22 N–H and O–H groups in total. The summed E-state index contributed by atoms with van der Waals surface area (Å²) < 4.78 is 0. The fourth-order valence-electron chi connectivity index (χ4n) is 16.4. The summed E-state index contributed by atoms with van der Waals surface area (Å²) in [6.07, 6.45) is 0.202. The maximum atomic E-state index is 15.8. The van der Waals surface area contributed by atoms with Gasteiger partial charge in [0, 0.05) is 131 Å². The van der Waals surface area contributed by atoms with Crippen LogP contribution in [0.4, 0.5) is 0 Å². The van der Waals surface area contributed by atoms with Crippen molar-refractivity contribution in [3.8, 4) is 5.75 Å². The van der Waals surface area contributed by atoms with Gasteiger partial charge in [-0.1, -0.05) is 102 Å². The molecule has 0 unspecified atom stereocenters. The Morgan fingerprint density at radius 2 is 1.13 bits per heavy atom. The second-order valence-corrected chi connectivity index (χ2v) is 35.6. The molecule has 43 heteroatoms. The number of nitrogens with two attached hydrogens (primary N) is 3. The lowest BCUT2D eigenvalue weighted by Crippen LogP contribution is -2.60. The number of phenolic OH excluding ortho intramolecular Hbond substituents is 1. The van der Waals surface area contributed by atoms with Crippen molar-refractivity contribution in [1.82, 2.24) is 87.3 Å². The lowest BCUT2D eigenvalue weighted by atomic mass is 9.90. The summed E-state index contributed by atoms with van der Waals surface area (Å²) in [5.74, 6) is -20.7. The number of hydrogen-bond acceptors (Lipinski definition) is 23. The van der Waals surface area contributed by atoms with Crippen LogP contribution >= 0.6 is 11.8 Å². The summed E-state index contributed by atoms with van der Waals surface area (Å²) in [4.78, 5) is 276. The van der Waals surface area contributed by atoms with Gasteiger partial charge in [0.15, 0.2) is 5.78 Å². The number of aromatic nitrogens is 3. The number of aliphatic carboxylic acids is 1. The number of carboxylic acid groups (broad SMARTS) is 1. The summed E-state index contributed by atoms with van der Waals surface area (Å²) in [5.41, 5.74) is 20.4. The number of β-amino-alcohol motifs (C(OH)–C–C–N with tert-alkyl or cyclic N) is 1. The molecule has 8 rings (SSSR count). The largest absolute Gasteiger partial charge is 0.508 e. The Morgan fingerprint density at radius 3 is 1.73 bits per heavy atom. The van der Waals surface area contributed by atoms with Crippen molar-refractivity contribution < 1.29 is 107 Å². The van der Waals surface area contributed by atoms with Crippen LogP contribution < -0.4 is 65.1 Å². The second-order valence-electron chi connectivity index (χ2n) is 34.6. The van der Waals surface area contributed by atoms with Gasteiger partial charge in [0.1, 0.15) is 72.2 Å². The minimum absolute atomic E-state index is 0.0243. The number of phenols is 1. The number of nitrogens with one attached hydrogen (secondary N) is 12. The number of rotatable bonds is 28. The maximum absolute atomic E-state index is 15.8. The third kappa shape index (κ3) is 31.1. The smallest absolute Gasteiger partial charge is 0.303 e. The maximum Gasteiger partial charge on any atom is 0.303 e. The van der Waals surface area contributed by atoms with Crippen LogP contribution in [-0.2, 0) is 112 Å². The molecule has 2 aliphatic rings. The molecule has 14 atom stereocenters. The first kappa shape index (κ1) is 107. The molecule has 5 heterocycles. The van der Waals surface area contributed by atoms with Gasteiger partial charge in [0.25, 0.3) is 0 Å². The Labute approximate surface area is 785 Å². The van der Waals surface area contributed by atoms with Gasteiger partial charge in [-0.15, -0.1) is 11.8 Å². The topological polar surface area (TPSA) is 638 Å². The van der Waals surface area contributed by atoms with Gasteiger partial charge < -0.3 is 125 Å². The zero-order chi connectivity index (χ0) is 99.0. The number of nitrogens with zero attached hydrogens (tertiary/aromatic N) is 5. The summed E-state index contributed by atoms with van der Waals surface area (Å²) in [5, 5.41) is 67.0. The van der Waals surface area contributed by atoms with E-state index < -0.39 is 267 Å². The van der Waals surface area contributed by atoms with Crippen LogP contribution in [0.5, 0.6) is 5.75 Å². The number of thioether (sulfide) groups is 1. The van der Waals surface area contributed by atoms with Crippen LogP contribution in [0.2, 0.25) is 0 Å². The van der Waals surface area contributed by atoms with E-state index in [1.54, 1.807) is 80.8 Å². The molecule has 734 valence electrons. The van der Waals surface area contributed by atoms with Crippen molar-refractivity contribution in [3.05, 3.63) is 126 Å². The lowest BCUT2D eigenvalue weighted by Gasteiger charge is -2.36. The number of fused-ring (bicyclic) bond motifs is 3. The highest BCUT2D eigenvalue weighted by molar-refractivity contribution is 8.00. The van der Waals surface area contributed by atoms with Crippen LogP contribution in [0.3, 0.4) is 0 Å². The number of unbranched alkanes of at least 4 members (excludes halogenated alkanes) is 2. The van der Waals surface area contributed by atoms with Crippen LogP contribution in [-0.4, -0.2) is 317 Å². The molecule has 6 aromatic rings. The Morgan fingerprint density at radius 1 is 0.563 bits per heavy atom. The van der Waals surface area contributed by atoms with E-state index in [0.717, 1.165) is 21.6 Å². The predicted octanol–water partition coefficient (Wildman–Crippen LogP) is -1.45. The molecule has 2 fully saturated rings. The van der Waals surface area contributed by atoms with E-state index in [2.05, 4.69) is 62.8 Å². The first-order valence-electron chi connectivity index (χ1n) is 45.2. The number of para-hydroxylation sites is 2. The van der Waals surface area contributed by atoms with E-state index in [-0.39, 0.29) is 69.6 Å². The van der Waals surface area contributed by atoms with E-state index in [1.807, 2.05) is 13.8 Å². The second kappa shape index (κ2) is 51.8. The van der Waals surface area contributed by atoms with E-state index in [1.165, 1.54) is 74.4 Å². The number of likely N-dealkylation sites (N-methyl/N-ethyl adjacent to an activating group) is 3. The summed E-state index contributed by atoms with van der Waals surface area (Å²) in [6, 6.07) is 3.83. The molecule has 16 amide bonds. The fourth-order valence-corrected chi connectivity index (χ4v) is 17.3. The third-order valence-corrected chi connectivity index (χ3v) is 24.9.